The molecule has 0 amide bonds. The van der Waals surface area contributed by atoms with Crippen molar-refractivity contribution in [1.82, 2.24) is 19.6 Å². The number of carbonyl (C=O) groups is 1. The van der Waals surface area contributed by atoms with Crippen molar-refractivity contribution in [2.24, 2.45) is 0 Å². The summed E-state index contributed by atoms with van der Waals surface area (Å²) >= 11 is 0. The van der Waals surface area contributed by atoms with E-state index in [4.69, 9.17) is 5.11 Å². The third-order valence-electron chi connectivity index (χ3n) is 1.94. The van der Waals surface area contributed by atoms with E-state index in [2.05, 4.69) is 15.1 Å². The molecule has 2 aromatic heterocycles. The SMILES string of the molecule is Cc1nc2nc(C(=O)O)cn2nc1C. The zero-order valence-electron chi connectivity index (χ0n) is 7.72. The summed E-state index contributed by atoms with van der Waals surface area (Å²) in [5, 5.41) is 12.8. The van der Waals surface area contributed by atoms with E-state index >= 15 is 0 Å². The van der Waals surface area contributed by atoms with Gasteiger partial charge in [0.2, 0.25) is 0 Å². The first-order chi connectivity index (χ1) is 6.58. The number of aryl methyl sites for hydroxylation is 2. The minimum atomic E-state index is -1.08. The van der Waals surface area contributed by atoms with Crippen molar-refractivity contribution in [2.45, 2.75) is 13.8 Å². The summed E-state index contributed by atoms with van der Waals surface area (Å²) in [4.78, 5) is 18.5. The molecule has 0 aromatic carbocycles. The number of nitrogens with zero attached hydrogens (tertiary/aromatic N) is 4. The number of carboxylic acids is 1. The minimum Gasteiger partial charge on any atom is -0.476 e. The summed E-state index contributed by atoms with van der Waals surface area (Å²) in [5.74, 6) is -0.766. The highest BCUT2D eigenvalue weighted by molar-refractivity contribution is 5.85. The van der Waals surface area contributed by atoms with Gasteiger partial charge in [-0.3, -0.25) is 0 Å². The van der Waals surface area contributed by atoms with E-state index in [1.54, 1.807) is 6.92 Å². The van der Waals surface area contributed by atoms with Crippen LogP contribution in [0.4, 0.5) is 0 Å². The van der Waals surface area contributed by atoms with Crippen LogP contribution in [0, 0.1) is 13.8 Å². The van der Waals surface area contributed by atoms with E-state index in [0.717, 1.165) is 11.4 Å². The average Bonchev–Trinajstić information content (AvgIpc) is 2.48. The fourth-order valence-corrected chi connectivity index (χ4v) is 1.08. The first kappa shape index (κ1) is 8.61. The third-order valence-corrected chi connectivity index (χ3v) is 1.94. The maximum absolute atomic E-state index is 10.6. The van der Waals surface area contributed by atoms with Crippen molar-refractivity contribution in [3.63, 3.8) is 0 Å². The normalized spacial score (nSPS) is 10.7. The lowest BCUT2D eigenvalue weighted by Crippen LogP contribution is -1.99. The van der Waals surface area contributed by atoms with Gasteiger partial charge in [-0.2, -0.15) is 5.10 Å². The van der Waals surface area contributed by atoms with Gasteiger partial charge in [-0.25, -0.2) is 19.3 Å². The Labute approximate surface area is 79.2 Å². The molecule has 0 aliphatic carbocycles. The number of hydrogen-bond donors (Lipinski definition) is 1. The molecule has 14 heavy (non-hydrogen) atoms. The molecule has 6 nitrogen and oxygen atoms in total. The summed E-state index contributed by atoms with van der Waals surface area (Å²) in [6.45, 7) is 3.61. The van der Waals surface area contributed by atoms with Crippen molar-refractivity contribution in [2.75, 3.05) is 0 Å². The minimum absolute atomic E-state index is 0.0463. The number of aromatic nitrogens is 4. The predicted octanol–water partition coefficient (Wildman–Crippen LogP) is 0.439. The van der Waals surface area contributed by atoms with Crippen LogP contribution in [0.3, 0.4) is 0 Å². The zero-order chi connectivity index (χ0) is 10.3. The van der Waals surface area contributed by atoms with Gasteiger partial charge in [0.25, 0.3) is 5.78 Å². The summed E-state index contributed by atoms with van der Waals surface area (Å²) in [5.41, 5.74) is 1.46. The van der Waals surface area contributed by atoms with Crippen LogP contribution in [0.25, 0.3) is 5.78 Å². The van der Waals surface area contributed by atoms with E-state index in [0.29, 0.717) is 5.78 Å². The Hall–Kier alpha value is -1.98. The highest BCUT2D eigenvalue weighted by Crippen LogP contribution is 2.04. The van der Waals surface area contributed by atoms with Crippen LogP contribution in [0.1, 0.15) is 21.9 Å². The van der Waals surface area contributed by atoms with Crippen LogP contribution in [0.5, 0.6) is 0 Å². The maximum atomic E-state index is 10.6. The number of hydrogen-bond acceptors (Lipinski definition) is 4. The van der Waals surface area contributed by atoms with Crippen LogP contribution in [-0.4, -0.2) is 30.7 Å². The van der Waals surface area contributed by atoms with Crippen LogP contribution >= 0.6 is 0 Å². The molecule has 72 valence electrons. The summed E-state index contributed by atoms with van der Waals surface area (Å²) in [6, 6.07) is 0. The zero-order valence-corrected chi connectivity index (χ0v) is 7.72. The van der Waals surface area contributed by atoms with Gasteiger partial charge in [0.15, 0.2) is 5.69 Å². The molecule has 0 fully saturated rings. The molecule has 0 saturated carbocycles. The molecule has 0 bridgehead atoms. The first-order valence-electron chi connectivity index (χ1n) is 4.02. The molecular formula is C8H8N4O2. The van der Waals surface area contributed by atoms with Crippen molar-refractivity contribution in [1.29, 1.82) is 0 Å². The Morgan fingerprint density at radius 2 is 2.07 bits per heavy atom. The molecule has 0 aliphatic heterocycles. The molecule has 2 aromatic rings. The van der Waals surface area contributed by atoms with Gasteiger partial charge in [0.05, 0.1) is 17.6 Å². The molecule has 0 radical (unpaired) electrons. The largest absolute Gasteiger partial charge is 0.476 e. The van der Waals surface area contributed by atoms with Gasteiger partial charge in [-0.15, -0.1) is 0 Å². The van der Waals surface area contributed by atoms with Crippen molar-refractivity contribution in [3.8, 4) is 0 Å². The van der Waals surface area contributed by atoms with E-state index in [1.807, 2.05) is 6.92 Å². The maximum Gasteiger partial charge on any atom is 0.356 e. The Bertz CT molecular complexity index is 478. The van der Waals surface area contributed by atoms with Crippen molar-refractivity contribution >= 4 is 11.7 Å². The molecule has 0 unspecified atom stereocenters. The monoisotopic (exact) mass is 192 g/mol. The molecule has 2 heterocycles. The van der Waals surface area contributed by atoms with Crippen LogP contribution in [0.15, 0.2) is 6.20 Å². The predicted molar refractivity (Wildman–Crippen MR) is 47.2 cm³/mol. The molecule has 0 aliphatic rings. The average molecular weight is 192 g/mol. The lowest BCUT2D eigenvalue weighted by Gasteiger charge is -1.96. The molecule has 0 saturated heterocycles. The topological polar surface area (TPSA) is 80.4 Å². The van der Waals surface area contributed by atoms with Crippen LogP contribution in [-0.2, 0) is 0 Å². The van der Waals surface area contributed by atoms with Gasteiger partial charge in [-0.05, 0) is 13.8 Å². The number of imidazole rings is 1. The lowest BCUT2D eigenvalue weighted by molar-refractivity contribution is 0.0691. The van der Waals surface area contributed by atoms with Gasteiger partial charge in [0.1, 0.15) is 0 Å². The Morgan fingerprint density at radius 1 is 1.36 bits per heavy atom. The molecule has 0 spiro atoms. The van der Waals surface area contributed by atoms with Gasteiger partial charge in [0, 0.05) is 0 Å². The summed E-state index contributed by atoms with van der Waals surface area (Å²) in [6.07, 6.45) is 1.34. The Balaban J connectivity index is 2.72. The highest BCUT2D eigenvalue weighted by Gasteiger charge is 2.10. The van der Waals surface area contributed by atoms with E-state index in [9.17, 15) is 4.79 Å². The Kier molecular flexibility index (Phi) is 1.70. The number of fused-ring (bicyclic) bond motifs is 1. The Morgan fingerprint density at radius 3 is 2.71 bits per heavy atom. The highest BCUT2D eigenvalue weighted by atomic mass is 16.4. The lowest BCUT2D eigenvalue weighted by atomic mass is 10.4. The fraction of sp³-hybridized carbons (Fsp3) is 0.250. The standard InChI is InChI=1S/C8H8N4O2/c1-4-5(2)11-12-3-6(7(13)14)10-8(12)9-4/h3H,1-2H3,(H,13,14). The van der Waals surface area contributed by atoms with Gasteiger partial charge >= 0.3 is 5.97 Å². The molecule has 0 atom stereocenters. The van der Waals surface area contributed by atoms with E-state index in [-0.39, 0.29) is 5.69 Å². The first-order valence-corrected chi connectivity index (χ1v) is 4.02. The molecule has 1 N–H and O–H groups in total. The second-order valence-corrected chi connectivity index (χ2v) is 2.96. The quantitative estimate of drug-likeness (QED) is 0.709. The van der Waals surface area contributed by atoms with E-state index in [1.165, 1.54) is 10.7 Å². The second-order valence-electron chi connectivity index (χ2n) is 2.96. The van der Waals surface area contributed by atoms with Gasteiger partial charge in [-0.1, -0.05) is 0 Å². The summed E-state index contributed by atoms with van der Waals surface area (Å²) < 4.78 is 1.37. The molecule has 6 heteroatoms. The number of rotatable bonds is 1. The number of aromatic carboxylic acids is 1. The smallest absolute Gasteiger partial charge is 0.356 e. The van der Waals surface area contributed by atoms with Crippen molar-refractivity contribution in [3.05, 3.63) is 23.3 Å². The van der Waals surface area contributed by atoms with Crippen LogP contribution in [0.2, 0.25) is 0 Å². The third kappa shape index (κ3) is 1.20. The molecular weight excluding hydrogens is 184 g/mol. The second kappa shape index (κ2) is 2.76. The number of carboxylic acid groups (broad SMARTS) is 1. The van der Waals surface area contributed by atoms with E-state index < -0.39 is 5.97 Å². The fourth-order valence-electron chi connectivity index (χ4n) is 1.08. The van der Waals surface area contributed by atoms with Gasteiger partial charge < -0.3 is 5.11 Å². The summed E-state index contributed by atoms with van der Waals surface area (Å²) in [7, 11) is 0. The van der Waals surface area contributed by atoms with Crippen molar-refractivity contribution < 1.29 is 9.90 Å². The molecule has 2 rings (SSSR count). The van der Waals surface area contributed by atoms with Crippen LogP contribution < -0.4 is 0 Å².